The van der Waals surface area contributed by atoms with Crippen LogP contribution in [0.2, 0.25) is 15.1 Å². The number of halogens is 3. The first-order valence-corrected chi connectivity index (χ1v) is 6.62. The predicted molar refractivity (Wildman–Crippen MR) is 84.7 cm³/mol. The summed E-state index contributed by atoms with van der Waals surface area (Å²) in [4.78, 5) is 12.1. The van der Waals surface area contributed by atoms with Gasteiger partial charge in [-0.15, -0.1) is 0 Å². The summed E-state index contributed by atoms with van der Waals surface area (Å²) >= 11 is 17.7. The Labute approximate surface area is 130 Å². The lowest BCUT2D eigenvalue weighted by Gasteiger charge is -2.09. The second-order valence-electron chi connectivity index (χ2n) is 4.09. The van der Waals surface area contributed by atoms with Crippen LogP contribution >= 0.6 is 34.8 Å². The van der Waals surface area contributed by atoms with E-state index in [-0.39, 0.29) is 5.02 Å². The van der Waals surface area contributed by atoms with Crippen molar-refractivity contribution >= 4 is 57.8 Å². The van der Waals surface area contributed by atoms with Crippen molar-refractivity contribution in [1.29, 1.82) is 0 Å². The van der Waals surface area contributed by atoms with Crippen molar-refractivity contribution in [2.75, 3.05) is 16.8 Å². The maximum absolute atomic E-state index is 12.1. The van der Waals surface area contributed by atoms with Gasteiger partial charge in [-0.05, 0) is 30.3 Å². The van der Waals surface area contributed by atoms with E-state index in [1.54, 1.807) is 6.07 Å². The van der Waals surface area contributed by atoms with Crippen molar-refractivity contribution in [3.63, 3.8) is 0 Å². The molecule has 0 bridgehead atoms. The van der Waals surface area contributed by atoms with Gasteiger partial charge in [0.15, 0.2) is 0 Å². The van der Waals surface area contributed by atoms with Crippen LogP contribution in [0.5, 0.6) is 0 Å². The molecule has 20 heavy (non-hydrogen) atoms. The molecule has 2 rings (SSSR count). The van der Waals surface area contributed by atoms with Crippen LogP contribution in [-0.2, 0) is 0 Å². The Morgan fingerprint density at radius 3 is 2.00 bits per heavy atom. The van der Waals surface area contributed by atoms with Crippen molar-refractivity contribution in [3.8, 4) is 0 Å². The topological polar surface area (TPSA) is 81.1 Å². The van der Waals surface area contributed by atoms with Crippen LogP contribution in [0.25, 0.3) is 0 Å². The van der Waals surface area contributed by atoms with E-state index in [4.69, 9.17) is 46.3 Å². The molecule has 0 heterocycles. The van der Waals surface area contributed by atoms with Gasteiger partial charge in [0.1, 0.15) is 0 Å². The lowest BCUT2D eigenvalue weighted by molar-refractivity contribution is 0.102. The fourth-order valence-corrected chi connectivity index (χ4v) is 2.21. The molecule has 0 fully saturated rings. The van der Waals surface area contributed by atoms with Crippen LogP contribution in [0.4, 0.5) is 17.1 Å². The molecule has 1 amide bonds. The highest BCUT2D eigenvalue weighted by Crippen LogP contribution is 2.32. The molecule has 0 saturated carbocycles. The molecule has 0 unspecified atom stereocenters. The number of nitrogens with two attached hydrogens (primary N) is 2. The molecule has 7 heteroatoms. The van der Waals surface area contributed by atoms with Gasteiger partial charge in [-0.25, -0.2) is 0 Å². The van der Waals surface area contributed by atoms with Crippen molar-refractivity contribution in [1.82, 2.24) is 0 Å². The number of rotatable bonds is 2. The highest BCUT2D eigenvalue weighted by molar-refractivity contribution is 6.44. The summed E-state index contributed by atoms with van der Waals surface area (Å²) in [7, 11) is 0. The summed E-state index contributed by atoms with van der Waals surface area (Å²) in [6.07, 6.45) is 0. The lowest BCUT2D eigenvalue weighted by Crippen LogP contribution is -2.13. The summed E-state index contributed by atoms with van der Waals surface area (Å²) in [6, 6.07) is 7.51. The van der Waals surface area contributed by atoms with Gasteiger partial charge in [0.25, 0.3) is 5.91 Å². The van der Waals surface area contributed by atoms with Gasteiger partial charge in [0, 0.05) is 16.9 Å². The SMILES string of the molecule is Nc1cc(N)cc(C(=O)Nc2cc(Cl)c(Cl)cc2Cl)c1. The highest BCUT2D eigenvalue weighted by atomic mass is 35.5. The Kier molecular flexibility index (Phi) is 4.28. The summed E-state index contributed by atoms with van der Waals surface area (Å²) in [6.45, 7) is 0. The summed E-state index contributed by atoms with van der Waals surface area (Å²) < 4.78 is 0. The van der Waals surface area contributed by atoms with E-state index in [9.17, 15) is 4.79 Å². The summed E-state index contributed by atoms with van der Waals surface area (Å²) in [5.74, 6) is -0.399. The van der Waals surface area contributed by atoms with Crippen LogP contribution in [-0.4, -0.2) is 5.91 Å². The van der Waals surface area contributed by atoms with Gasteiger partial charge in [0.05, 0.1) is 20.8 Å². The first kappa shape index (κ1) is 14.8. The van der Waals surface area contributed by atoms with E-state index in [1.165, 1.54) is 24.3 Å². The van der Waals surface area contributed by atoms with Gasteiger partial charge < -0.3 is 16.8 Å². The molecule has 4 nitrogen and oxygen atoms in total. The average molecular weight is 331 g/mol. The van der Waals surface area contributed by atoms with Gasteiger partial charge in [-0.2, -0.15) is 0 Å². The Hall–Kier alpha value is -1.62. The third-order valence-corrected chi connectivity index (χ3v) is 3.53. The minimum Gasteiger partial charge on any atom is -0.399 e. The van der Waals surface area contributed by atoms with Crippen molar-refractivity contribution in [2.24, 2.45) is 0 Å². The molecule has 0 aromatic heterocycles. The monoisotopic (exact) mass is 329 g/mol. The van der Waals surface area contributed by atoms with Crippen LogP contribution in [0.1, 0.15) is 10.4 Å². The molecule has 2 aromatic carbocycles. The van der Waals surface area contributed by atoms with Gasteiger partial charge in [-0.1, -0.05) is 34.8 Å². The number of hydrogen-bond donors (Lipinski definition) is 3. The standard InChI is InChI=1S/C13H10Cl3N3O/c14-9-4-11(16)12(5-10(9)15)19-13(20)6-1-7(17)3-8(18)2-6/h1-5H,17-18H2,(H,19,20). The van der Waals surface area contributed by atoms with Crippen LogP contribution in [0, 0.1) is 0 Å². The van der Waals surface area contributed by atoms with Gasteiger partial charge in [-0.3, -0.25) is 4.79 Å². The molecule has 0 spiro atoms. The number of carbonyl (C=O) groups is 1. The molecule has 104 valence electrons. The molecule has 0 aliphatic rings. The van der Waals surface area contributed by atoms with E-state index >= 15 is 0 Å². The summed E-state index contributed by atoms with van der Waals surface area (Å²) in [5, 5.41) is 3.50. The number of amides is 1. The normalized spacial score (nSPS) is 10.3. The van der Waals surface area contributed by atoms with Crippen LogP contribution in [0.3, 0.4) is 0 Å². The Balaban J connectivity index is 2.30. The van der Waals surface area contributed by atoms with E-state index < -0.39 is 5.91 Å². The molecule has 0 aliphatic heterocycles. The largest absolute Gasteiger partial charge is 0.399 e. The zero-order chi connectivity index (χ0) is 14.9. The number of anilines is 3. The van der Waals surface area contributed by atoms with Crippen LogP contribution in [0.15, 0.2) is 30.3 Å². The Bertz CT molecular complexity index is 669. The average Bonchev–Trinajstić information content (AvgIpc) is 2.34. The molecule has 0 saturated heterocycles. The number of hydrogen-bond acceptors (Lipinski definition) is 3. The molecule has 5 N–H and O–H groups in total. The maximum atomic E-state index is 12.1. The second kappa shape index (κ2) is 5.79. The van der Waals surface area contributed by atoms with Gasteiger partial charge in [0.2, 0.25) is 0 Å². The minimum atomic E-state index is -0.399. The van der Waals surface area contributed by atoms with E-state index in [2.05, 4.69) is 5.32 Å². The molecule has 0 atom stereocenters. The minimum absolute atomic E-state index is 0.282. The molecule has 0 radical (unpaired) electrons. The molecule has 0 aliphatic carbocycles. The van der Waals surface area contributed by atoms with Crippen molar-refractivity contribution in [2.45, 2.75) is 0 Å². The first-order valence-electron chi connectivity index (χ1n) is 5.49. The third-order valence-electron chi connectivity index (χ3n) is 2.50. The van der Waals surface area contributed by atoms with E-state index in [0.29, 0.717) is 32.7 Å². The molecule has 2 aromatic rings. The number of benzene rings is 2. The third kappa shape index (κ3) is 3.28. The zero-order valence-electron chi connectivity index (χ0n) is 10.1. The Morgan fingerprint density at radius 2 is 1.40 bits per heavy atom. The smallest absolute Gasteiger partial charge is 0.255 e. The number of nitrogen functional groups attached to an aromatic ring is 2. The number of carbonyl (C=O) groups excluding carboxylic acids is 1. The molecular formula is C13H10Cl3N3O. The Morgan fingerprint density at radius 1 is 0.850 bits per heavy atom. The fraction of sp³-hybridized carbons (Fsp3) is 0. The fourth-order valence-electron chi connectivity index (χ4n) is 1.62. The maximum Gasteiger partial charge on any atom is 0.255 e. The number of nitrogens with one attached hydrogen (secondary N) is 1. The summed E-state index contributed by atoms with van der Waals surface area (Å²) in [5.41, 5.74) is 12.8. The van der Waals surface area contributed by atoms with Crippen LogP contribution < -0.4 is 16.8 Å². The quantitative estimate of drug-likeness (QED) is 0.573. The van der Waals surface area contributed by atoms with Gasteiger partial charge >= 0.3 is 0 Å². The van der Waals surface area contributed by atoms with E-state index in [0.717, 1.165) is 0 Å². The zero-order valence-corrected chi connectivity index (χ0v) is 12.4. The van der Waals surface area contributed by atoms with Crippen molar-refractivity contribution < 1.29 is 4.79 Å². The molecular weight excluding hydrogens is 321 g/mol. The predicted octanol–water partition coefficient (Wildman–Crippen LogP) is 4.06. The lowest BCUT2D eigenvalue weighted by atomic mass is 10.1. The van der Waals surface area contributed by atoms with Crippen molar-refractivity contribution in [3.05, 3.63) is 51.0 Å². The van der Waals surface area contributed by atoms with E-state index in [1.807, 2.05) is 0 Å². The highest BCUT2D eigenvalue weighted by Gasteiger charge is 2.12. The first-order chi connectivity index (χ1) is 9.36. The second-order valence-corrected chi connectivity index (χ2v) is 5.31.